The molecule has 10 heteroatoms. The molecule has 1 N–H and O–H groups in total. The Bertz CT molecular complexity index is 991. The van der Waals surface area contributed by atoms with Gasteiger partial charge in [-0.1, -0.05) is 38.5 Å². The fraction of sp³-hybridized carbons (Fsp3) is 0.522. The van der Waals surface area contributed by atoms with E-state index in [9.17, 15) is 18.0 Å². The number of nitrogens with zero attached hydrogens (tertiary/aromatic N) is 3. The second-order valence-corrected chi connectivity index (χ2v) is 9.17. The molecule has 1 aliphatic rings. The number of aromatic nitrogens is 2. The highest BCUT2D eigenvalue weighted by Crippen LogP contribution is 2.32. The summed E-state index contributed by atoms with van der Waals surface area (Å²) in [6.45, 7) is 10.5. The van der Waals surface area contributed by atoms with Crippen LogP contribution >= 0.6 is 11.6 Å². The maximum atomic E-state index is 14.5. The van der Waals surface area contributed by atoms with E-state index in [0.717, 1.165) is 6.07 Å². The molecule has 0 saturated carbocycles. The van der Waals surface area contributed by atoms with Gasteiger partial charge in [-0.2, -0.15) is 0 Å². The number of carbonyl (C=O) groups is 1. The minimum atomic E-state index is -3.30. The van der Waals surface area contributed by atoms with Crippen LogP contribution in [0.5, 0.6) is 0 Å². The van der Waals surface area contributed by atoms with Gasteiger partial charge < -0.3 is 10.1 Å². The summed E-state index contributed by atoms with van der Waals surface area (Å²) in [4.78, 5) is 22.1. The largest absolute Gasteiger partial charge is 0.444 e. The minimum absolute atomic E-state index is 0.0448. The molecule has 0 spiro atoms. The quantitative estimate of drug-likeness (QED) is 0.489. The number of benzene rings is 1. The van der Waals surface area contributed by atoms with Gasteiger partial charge in [0.05, 0.1) is 24.3 Å². The molecule has 182 valence electrons. The van der Waals surface area contributed by atoms with Crippen molar-refractivity contribution in [2.45, 2.75) is 79.1 Å². The third kappa shape index (κ3) is 7.22. The predicted octanol–water partition coefficient (Wildman–Crippen LogP) is 6.66. The third-order valence-electron chi connectivity index (χ3n) is 4.40. The van der Waals surface area contributed by atoms with Gasteiger partial charge in [-0.3, -0.25) is 4.90 Å². The highest BCUT2D eigenvalue weighted by atomic mass is 35.5. The summed E-state index contributed by atoms with van der Waals surface area (Å²) in [7, 11) is 0. The molecule has 1 aromatic carbocycles. The monoisotopic (exact) mass is 486 g/mol. The van der Waals surface area contributed by atoms with Gasteiger partial charge in [-0.05, 0) is 32.4 Å². The van der Waals surface area contributed by atoms with Crippen LogP contribution in [0, 0.1) is 5.82 Å². The van der Waals surface area contributed by atoms with Crippen molar-refractivity contribution in [2.24, 2.45) is 0 Å². The van der Waals surface area contributed by atoms with Gasteiger partial charge in [-0.15, -0.1) is 0 Å². The van der Waals surface area contributed by atoms with Crippen molar-refractivity contribution in [3.8, 4) is 0 Å². The molecule has 3 rings (SSSR count). The molecule has 0 fully saturated rings. The normalized spacial score (nSPS) is 13.2. The lowest BCUT2D eigenvalue weighted by Gasteiger charge is -2.24. The van der Waals surface area contributed by atoms with Gasteiger partial charge in [0, 0.05) is 24.6 Å². The number of anilines is 1. The number of ether oxygens (including phenoxy) is 1. The molecule has 0 unspecified atom stereocenters. The highest BCUT2D eigenvalue weighted by molar-refractivity contribution is 6.28. The molecule has 1 aromatic heterocycles. The lowest BCUT2D eigenvalue weighted by molar-refractivity contribution is 0.0135. The van der Waals surface area contributed by atoms with Gasteiger partial charge >= 0.3 is 6.09 Å². The van der Waals surface area contributed by atoms with Crippen LogP contribution in [-0.4, -0.2) is 26.6 Å². The number of hydrogen-bond donors (Lipinski definition) is 1. The summed E-state index contributed by atoms with van der Waals surface area (Å²) in [5.41, 5.74) is -0.121. The first-order valence-corrected chi connectivity index (χ1v) is 11.1. The highest BCUT2D eigenvalue weighted by Gasteiger charge is 2.32. The zero-order chi connectivity index (χ0) is 25.0. The summed E-state index contributed by atoms with van der Waals surface area (Å²) >= 11 is 5.99. The van der Waals surface area contributed by atoms with E-state index in [1.807, 2.05) is 0 Å². The van der Waals surface area contributed by atoms with Crippen LogP contribution in [0.2, 0.25) is 5.28 Å². The lowest BCUT2D eigenvalue weighted by atomic mass is 10.0. The van der Waals surface area contributed by atoms with E-state index >= 15 is 0 Å². The van der Waals surface area contributed by atoms with Crippen molar-refractivity contribution in [1.82, 2.24) is 14.9 Å². The van der Waals surface area contributed by atoms with Crippen molar-refractivity contribution in [3.63, 3.8) is 0 Å². The smallest absolute Gasteiger partial charge is 0.410 e. The summed E-state index contributed by atoms with van der Waals surface area (Å²) in [5.74, 6) is -3.97. The van der Waals surface area contributed by atoms with Gasteiger partial charge in [-0.25, -0.2) is 27.9 Å². The zero-order valence-electron chi connectivity index (χ0n) is 19.7. The Kier molecular flexibility index (Phi) is 8.57. The topological polar surface area (TPSA) is 67.3 Å². The van der Waals surface area contributed by atoms with Crippen LogP contribution in [-0.2, 0) is 30.3 Å². The Balaban J connectivity index is 0.00000122. The van der Waals surface area contributed by atoms with E-state index in [0.29, 0.717) is 24.0 Å². The molecule has 2 heterocycles. The summed E-state index contributed by atoms with van der Waals surface area (Å²) in [5, 5.41) is 2.89. The SMILES string of the molecule is CC(C)(C)OC(=O)N1Cc2nc(Cl)nc(NCc3cccc(C(C)(F)F)c3F)c2C1.CCC. The number of hydrogen-bond acceptors (Lipinski definition) is 5. The molecule has 2 aromatic rings. The number of amides is 1. The van der Waals surface area contributed by atoms with Crippen LogP contribution in [0.3, 0.4) is 0 Å². The van der Waals surface area contributed by atoms with E-state index in [-0.39, 0.29) is 30.5 Å². The molecular formula is C23H30ClF3N4O2. The molecule has 0 saturated heterocycles. The second-order valence-electron chi connectivity index (χ2n) is 8.83. The van der Waals surface area contributed by atoms with Crippen molar-refractivity contribution < 1.29 is 22.7 Å². The average Bonchev–Trinajstić information content (AvgIpc) is 3.09. The molecule has 0 radical (unpaired) electrons. The molecule has 1 aliphatic heterocycles. The maximum Gasteiger partial charge on any atom is 0.410 e. The average molecular weight is 487 g/mol. The van der Waals surface area contributed by atoms with Crippen LogP contribution in [0.15, 0.2) is 18.2 Å². The number of halogens is 4. The molecule has 6 nitrogen and oxygen atoms in total. The van der Waals surface area contributed by atoms with Gasteiger partial charge in [0.25, 0.3) is 5.92 Å². The van der Waals surface area contributed by atoms with Crippen molar-refractivity contribution in [2.75, 3.05) is 5.32 Å². The number of rotatable bonds is 4. The first-order chi connectivity index (χ1) is 15.3. The molecule has 33 heavy (non-hydrogen) atoms. The van der Waals surface area contributed by atoms with E-state index in [1.54, 1.807) is 20.8 Å². The van der Waals surface area contributed by atoms with Gasteiger partial charge in [0.1, 0.15) is 17.2 Å². The lowest BCUT2D eigenvalue weighted by Crippen LogP contribution is -2.33. The fourth-order valence-electron chi connectivity index (χ4n) is 3.06. The molecule has 0 atom stereocenters. The first kappa shape index (κ1) is 26.7. The second kappa shape index (κ2) is 10.6. The molecule has 0 bridgehead atoms. The molecule has 1 amide bonds. The van der Waals surface area contributed by atoms with Crippen molar-refractivity contribution >= 4 is 23.5 Å². The maximum absolute atomic E-state index is 14.5. The Hall–Kier alpha value is -2.55. The predicted molar refractivity (Wildman–Crippen MR) is 122 cm³/mol. The number of nitrogens with one attached hydrogen (secondary N) is 1. The summed E-state index contributed by atoms with van der Waals surface area (Å²) in [6.07, 6.45) is 0.742. The van der Waals surface area contributed by atoms with E-state index in [4.69, 9.17) is 16.3 Å². The molecule has 0 aliphatic carbocycles. The van der Waals surface area contributed by atoms with Crippen molar-refractivity contribution in [3.05, 3.63) is 51.7 Å². The van der Waals surface area contributed by atoms with Gasteiger partial charge in [0.2, 0.25) is 5.28 Å². The van der Waals surface area contributed by atoms with Crippen molar-refractivity contribution in [1.29, 1.82) is 0 Å². The number of alkyl halides is 2. The molecular weight excluding hydrogens is 457 g/mol. The Morgan fingerprint density at radius 2 is 1.82 bits per heavy atom. The van der Waals surface area contributed by atoms with Crippen LogP contribution in [0.1, 0.15) is 70.3 Å². The fourth-order valence-corrected chi connectivity index (χ4v) is 3.25. The Morgan fingerprint density at radius 1 is 1.18 bits per heavy atom. The summed E-state index contributed by atoms with van der Waals surface area (Å²) in [6, 6.07) is 3.83. The summed E-state index contributed by atoms with van der Waals surface area (Å²) < 4.78 is 47.0. The Morgan fingerprint density at radius 3 is 2.39 bits per heavy atom. The first-order valence-electron chi connectivity index (χ1n) is 10.7. The van der Waals surface area contributed by atoms with Crippen LogP contribution in [0.4, 0.5) is 23.8 Å². The minimum Gasteiger partial charge on any atom is -0.444 e. The van der Waals surface area contributed by atoms with Crippen LogP contribution < -0.4 is 5.32 Å². The van der Waals surface area contributed by atoms with Crippen LogP contribution in [0.25, 0.3) is 0 Å². The Labute approximate surface area is 197 Å². The zero-order valence-corrected chi connectivity index (χ0v) is 20.5. The third-order valence-corrected chi connectivity index (χ3v) is 4.57. The number of carbonyl (C=O) groups excluding carboxylic acids is 1. The van der Waals surface area contributed by atoms with E-state index < -0.39 is 29.0 Å². The number of fused-ring (bicyclic) bond motifs is 1. The standard InChI is InChI=1S/C20H22ClF3N4O2.C3H8/c1-19(2,3)30-18(29)28-9-12-14(10-28)26-17(21)27-16(12)25-8-11-6-5-7-13(15(11)22)20(4,23)24;1-3-2/h5-7H,8-10H2,1-4H3,(H,25,26,27);3H2,1-2H3. The van der Waals surface area contributed by atoms with E-state index in [2.05, 4.69) is 29.1 Å². The van der Waals surface area contributed by atoms with Gasteiger partial charge in [0.15, 0.2) is 0 Å². The van der Waals surface area contributed by atoms with E-state index in [1.165, 1.54) is 23.5 Å².